The lowest BCUT2D eigenvalue weighted by Gasteiger charge is -2.24. The number of unbranched alkanes of at least 4 members (excludes halogenated alkanes) is 2. The first-order valence-corrected chi connectivity index (χ1v) is 18.3. The third-order valence-electron chi connectivity index (χ3n) is 8.78. The van der Waals surface area contributed by atoms with Crippen molar-refractivity contribution >= 4 is 33.2 Å². The van der Waals surface area contributed by atoms with Gasteiger partial charge in [0.15, 0.2) is 21.4 Å². The van der Waals surface area contributed by atoms with E-state index in [4.69, 9.17) is 5.73 Å². The van der Waals surface area contributed by atoms with E-state index in [9.17, 15) is 32.4 Å². The second-order valence-corrected chi connectivity index (χ2v) is 14.7. The first kappa shape index (κ1) is 36.5. The van der Waals surface area contributed by atoms with Gasteiger partial charge in [0.1, 0.15) is 5.75 Å². The highest BCUT2D eigenvalue weighted by Crippen LogP contribution is 2.27. The van der Waals surface area contributed by atoms with Crippen LogP contribution in [0.1, 0.15) is 83.5 Å². The van der Waals surface area contributed by atoms with Gasteiger partial charge in [0.05, 0.1) is 30.9 Å². The summed E-state index contributed by atoms with van der Waals surface area (Å²) in [6.45, 7) is 0.877. The van der Waals surface area contributed by atoms with E-state index in [1.807, 2.05) is 0 Å². The summed E-state index contributed by atoms with van der Waals surface area (Å²) in [4.78, 5) is 68.0. The molecule has 2 amide bonds. The third kappa shape index (κ3) is 12.4. The Hall–Kier alpha value is -2.97. The zero-order chi connectivity index (χ0) is 32.8. The van der Waals surface area contributed by atoms with Crippen LogP contribution in [0.3, 0.4) is 0 Å². The maximum Gasteiger partial charge on any atom is 0.253 e. The number of amides is 2. The molecule has 2 fully saturated rings. The van der Waals surface area contributed by atoms with Crippen LogP contribution in [-0.4, -0.2) is 84.6 Å². The highest BCUT2D eigenvalue weighted by molar-refractivity contribution is 7.91. The molecule has 0 radical (unpaired) electrons. The molecule has 45 heavy (non-hydrogen) atoms. The largest absolute Gasteiger partial charge is 0.346 e. The lowest BCUT2D eigenvalue weighted by Crippen LogP contribution is -2.49. The first-order valence-electron chi connectivity index (χ1n) is 16.3. The average Bonchev–Trinajstić information content (AvgIpc) is 3.69. The Kier molecular flexibility index (Phi) is 14.8. The number of hydrogen-bond donors (Lipinski definition) is 4. The molecule has 3 rings (SSSR count). The number of carbonyl (C=O) groups excluding carboxylic acids is 4. The van der Waals surface area contributed by atoms with Crippen molar-refractivity contribution in [2.45, 2.75) is 108 Å². The van der Waals surface area contributed by atoms with Gasteiger partial charge in [0, 0.05) is 30.5 Å². The van der Waals surface area contributed by atoms with Crippen LogP contribution >= 0.6 is 0 Å². The fourth-order valence-corrected chi connectivity index (χ4v) is 7.01. The Balaban J connectivity index is 1.51. The second-order valence-electron chi connectivity index (χ2n) is 12.5. The Morgan fingerprint density at radius 2 is 1.60 bits per heavy atom. The Morgan fingerprint density at radius 1 is 0.933 bits per heavy atom. The summed E-state index contributed by atoms with van der Waals surface area (Å²) in [5.74, 6) is -2.17. The van der Waals surface area contributed by atoms with Crippen LogP contribution in [0.4, 0.5) is 0 Å². The van der Waals surface area contributed by atoms with Crippen LogP contribution in [0.25, 0.3) is 0 Å². The van der Waals surface area contributed by atoms with Crippen LogP contribution in [0.2, 0.25) is 0 Å². The van der Waals surface area contributed by atoms with Gasteiger partial charge in [-0.05, 0) is 77.3 Å². The quantitative estimate of drug-likeness (QED) is 0.145. The molecule has 4 atom stereocenters. The molecule has 0 spiro atoms. The number of ketones is 2. The van der Waals surface area contributed by atoms with Crippen molar-refractivity contribution in [1.29, 1.82) is 0 Å². The molecule has 13 nitrogen and oxygen atoms in total. The zero-order valence-corrected chi connectivity index (χ0v) is 27.2. The van der Waals surface area contributed by atoms with Gasteiger partial charge in [-0.2, -0.15) is 0 Å². The molecular formula is C31H50N6O7S. The molecule has 252 valence electrons. The third-order valence-corrected chi connectivity index (χ3v) is 9.59. The molecule has 2 aliphatic rings. The number of nitrogens with zero attached hydrogens (tertiary/aromatic N) is 2. The minimum atomic E-state index is -3.52. The maximum atomic E-state index is 13.2. The molecule has 14 heteroatoms. The van der Waals surface area contributed by atoms with Crippen molar-refractivity contribution in [2.75, 3.05) is 25.1 Å². The standard InChI is InChI=1S/C31H50N6O7S/c1-45(43,44)20-28(39)26(12-4-6-16-32)36-31(42)23-11-8-14-24(23)34-17-7-5-13-25(35-30(41)22-9-2-3-10-22)27(38)19-37-21-33-18-15-29(37)40/h15,18,21-26,34H,2-14,16-17,19-20,32H2,1H3,(H,35,41)(H,36,42). The van der Waals surface area contributed by atoms with E-state index in [0.717, 1.165) is 44.8 Å². The molecule has 2 saturated carbocycles. The van der Waals surface area contributed by atoms with Crippen molar-refractivity contribution in [3.63, 3.8) is 0 Å². The van der Waals surface area contributed by atoms with Crippen LogP contribution in [-0.2, 0) is 35.6 Å². The molecule has 0 aliphatic heterocycles. The fourth-order valence-electron chi connectivity index (χ4n) is 6.29. The van der Waals surface area contributed by atoms with Gasteiger partial charge in [-0.3, -0.25) is 28.5 Å². The predicted octanol–water partition coefficient (Wildman–Crippen LogP) is 0.644. The second kappa shape index (κ2) is 18.2. The van der Waals surface area contributed by atoms with Gasteiger partial charge in [-0.25, -0.2) is 13.4 Å². The highest BCUT2D eigenvalue weighted by atomic mass is 32.2. The number of aromatic nitrogens is 2. The summed E-state index contributed by atoms with van der Waals surface area (Å²) < 4.78 is 24.7. The number of hydrogen-bond acceptors (Lipinski definition) is 10. The Morgan fingerprint density at radius 3 is 2.27 bits per heavy atom. The number of nitrogens with two attached hydrogens (primary N) is 1. The van der Waals surface area contributed by atoms with E-state index in [-0.39, 0.29) is 47.6 Å². The molecule has 5 N–H and O–H groups in total. The summed E-state index contributed by atoms with van der Waals surface area (Å²) in [6.07, 6.45) is 13.0. The minimum absolute atomic E-state index is 0.0864. The molecule has 1 aromatic heterocycles. The average molecular weight is 651 g/mol. The van der Waals surface area contributed by atoms with Crippen molar-refractivity contribution < 1.29 is 27.6 Å². The monoisotopic (exact) mass is 650 g/mol. The van der Waals surface area contributed by atoms with Crippen molar-refractivity contribution in [2.24, 2.45) is 17.6 Å². The summed E-state index contributed by atoms with van der Waals surface area (Å²) in [5.41, 5.74) is 5.23. The molecule has 0 saturated heterocycles. The number of carbonyl (C=O) groups is 4. The summed E-state index contributed by atoms with van der Waals surface area (Å²) in [7, 11) is -3.52. The normalized spacial score (nSPS) is 20.0. The summed E-state index contributed by atoms with van der Waals surface area (Å²) in [5, 5.41) is 9.22. The summed E-state index contributed by atoms with van der Waals surface area (Å²) >= 11 is 0. The highest BCUT2D eigenvalue weighted by Gasteiger charge is 2.35. The van der Waals surface area contributed by atoms with Gasteiger partial charge in [0.2, 0.25) is 11.8 Å². The smallest absolute Gasteiger partial charge is 0.253 e. The Bertz CT molecular complexity index is 1310. The fraction of sp³-hybridized carbons (Fsp3) is 0.742. The lowest BCUT2D eigenvalue weighted by molar-refractivity contribution is -0.130. The SMILES string of the molecule is CS(=O)(=O)CC(=O)C(CCCCN)NC(=O)C1CCCC1NCCCCC(NC(=O)C1CCCC1)C(=O)Cn1cnccc1=O. The van der Waals surface area contributed by atoms with E-state index in [2.05, 4.69) is 20.9 Å². The van der Waals surface area contributed by atoms with Crippen LogP contribution in [0.15, 0.2) is 23.4 Å². The van der Waals surface area contributed by atoms with Crippen LogP contribution in [0.5, 0.6) is 0 Å². The maximum absolute atomic E-state index is 13.2. The predicted molar refractivity (Wildman–Crippen MR) is 170 cm³/mol. The molecule has 0 aromatic carbocycles. The van der Waals surface area contributed by atoms with Crippen LogP contribution < -0.4 is 27.2 Å². The van der Waals surface area contributed by atoms with E-state index >= 15 is 0 Å². The van der Waals surface area contributed by atoms with Crippen LogP contribution in [0, 0.1) is 11.8 Å². The molecule has 1 heterocycles. The molecule has 2 aliphatic carbocycles. The summed E-state index contributed by atoms with van der Waals surface area (Å²) in [6, 6.07) is -0.374. The topological polar surface area (TPSA) is 199 Å². The lowest BCUT2D eigenvalue weighted by atomic mass is 9.99. The Labute approximate surface area is 265 Å². The van der Waals surface area contributed by atoms with E-state index < -0.39 is 33.5 Å². The molecular weight excluding hydrogens is 600 g/mol. The van der Waals surface area contributed by atoms with Crippen molar-refractivity contribution in [1.82, 2.24) is 25.5 Å². The van der Waals surface area contributed by atoms with Crippen molar-refractivity contribution in [3.05, 3.63) is 28.9 Å². The number of Topliss-reactive ketones (excluding diaryl/α,β-unsaturated/α-hetero) is 2. The molecule has 1 aromatic rings. The van der Waals surface area contributed by atoms with Gasteiger partial charge < -0.3 is 21.7 Å². The van der Waals surface area contributed by atoms with E-state index in [1.165, 1.54) is 23.2 Å². The number of nitrogens with one attached hydrogen (secondary N) is 3. The van der Waals surface area contributed by atoms with Gasteiger partial charge in [0.25, 0.3) is 5.56 Å². The zero-order valence-electron chi connectivity index (χ0n) is 26.4. The number of rotatable bonds is 20. The molecule has 0 bridgehead atoms. The van der Waals surface area contributed by atoms with Gasteiger partial charge in [-0.1, -0.05) is 19.3 Å². The number of sulfone groups is 1. The van der Waals surface area contributed by atoms with Gasteiger partial charge >= 0.3 is 0 Å². The first-order chi connectivity index (χ1) is 21.5. The van der Waals surface area contributed by atoms with Crippen molar-refractivity contribution in [3.8, 4) is 0 Å². The van der Waals surface area contributed by atoms with Gasteiger partial charge in [-0.15, -0.1) is 0 Å². The minimum Gasteiger partial charge on any atom is -0.346 e. The van der Waals surface area contributed by atoms with E-state index in [1.54, 1.807) is 0 Å². The van der Waals surface area contributed by atoms with E-state index in [0.29, 0.717) is 58.0 Å². The molecule has 4 unspecified atom stereocenters.